The Morgan fingerprint density at radius 2 is 1.65 bits per heavy atom. The van der Waals surface area contributed by atoms with Crippen LogP contribution in [0.15, 0.2) is 24.4 Å². The van der Waals surface area contributed by atoms with Gasteiger partial charge in [0.05, 0.1) is 0 Å². The molecule has 7 heteroatoms. The fourth-order valence-corrected chi connectivity index (χ4v) is 10.0. The van der Waals surface area contributed by atoms with E-state index in [0.29, 0.717) is 53.7 Å². The number of anilines is 1. The normalized spacial score (nSPS) is 24.5. The van der Waals surface area contributed by atoms with Gasteiger partial charge in [-0.15, -0.1) is 11.3 Å². The Balaban J connectivity index is 1.05. The lowest BCUT2D eigenvalue weighted by atomic mass is 9.54. The summed E-state index contributed by atoms with van der Waals surface area (Å²) in [4.78, 5) is 44.2. The molecular formula is C41H60N2O4S. The van der Waals surface area contributed by atoms with Gasteiger partial charge in [0, 0.05) is 35.8 Å². The summed E-state index contributed by atoms with van der Waals surface area (Å²) in [6.45, 7) is 6.45. The minimum Gasteiger partial charge on any atom is -0.427 e. The monoisotopic (exact) mass is 676 g/mol. The number of Topliss-reactive ketones (excluding diaryl/α,β-unsaturated/α-hetero) is 1. The van der Waals surface area contributed by atoms with E-state index in [2.05, 4.69) is 36.3 Å². The maximum absolute atomic E-state index is 13.4. The molecule has 2 fully saturated rings. The Hall–Kier alpha value is -2.54. The molecule has 5 unspecified atom stereocenters. The molecule has 5 atom stereocenters. The van der Waals surface area contributed by atoms with Crippen molar-refractivity contribution in [1.82, 2.24) is 4.98 Å². The largest absolute Gasteiger partial charge is 0.427 e. The van der Waals surface area contributed by atoms with Crippen molar-refractivity contribution in [2.45, 2.75) is 162 Å². The molecule has 3 aliphatic carbocycles. The van der Waals surface area contributed by atoms with Crippen molar-refractivity contribution < 1.29 is 19.1 Å². The number of ether oxygens (including phenoxy) is 1. The van der Waals surface area contributed by atoms with Crippen molar-refractivity contribution >= 4 is 34.1 Å². The number of unbranched alkanes of at least 4 members (excludes halogenated alkanes) is 12. The predicted molar refractivity (Wildman–Crippen MR) is 196 cm³/mol. The van der Waals surface area contributed by atoms with Crippen molar-refractivity contribution in [3.8, 4) is 5.75 Å². The lowest BCUT2D eigenvalue weighted by Gasteiger charge is -2.50. The summed E-state index contributed by atoms with van der Waals surface area (Å²) in [6, 6.07) is 6.28. The molecule has 3 aliphatic rings. The number of ketones is 1. The van der Waals surface area contributed by atoms with Crippen molar-refractivity contribution in [3.05, 3.63) is 40.4 Å². The van der Waals surface area contributed by atoms with E-state index >= 15 is 0 Å². The molecular weight excluding hydrogens is 617 g/mol. The molecule has 2 aromatic rings. The summed E-state index contributed by atoms with van der Waals surface area (Å²) in [5.74, 6) is 2.34. The van der Waals surface area contributed by atoms with Gasteiger partial charge in [0.1, 0.15) is 11.5 Å². The van der Waals surface area contributed by atoms with E-state index in [-0.39, 0.29) is 23.2 Å². The van der Waals surface area contributed by atoms with Gasteiger partial charge in [0.15, 0.2) is 5.13 Å². The fourth-order valence-electron chi connectivity index (χ4n) is 9.33. The number of carbonyl (C=O) groups excluding carboxylic acids is 3. The van der Waals surface area contributed by atoms with Crippen LogP contribution < -0.4 is 10.1 Å². The molecule has 264 valence electrons. The first-order valence-electron chi connectivity index (χ1n) is 19.4. The number of nitrogens with one attached hydrogen (secondary N) is 1. The quantitative estimate of drug-likeness (QED) is 0.0909. The third-order valence-electron chi connectivity index (χ3n) is 11.9. The topological polar surface area (TPSA) is 85.4 Å². The molecule has 0 aliphatic heterocycles. The zero-order chi connectivity index (χ0) is 33.9. The molecule has 1 N–H and O–H groups in total. The molecule has 1 amide bonds. The Labute approximate surface area is 293 Å². The van der Waals surface area contributed by atoms with Gasteiger partial charge in [0.2, 0.25) is 5.91 Å². The van der Waals surface area contributed by atoms with Crippen molar-refractivity contribution in [2.75, 3.05) is 5.32 Å². The number of rotatable bonds is 19. The fraction of sp³-hybridized carbons (Fsp3) is 0.707. The molecule has 5 rings (SSSR count). The highest BCUT2D eigenvalue weighted by Gasteiger charge is 2.58. The van der Waals surface area contributed by atoms with Crippen molar-refractivity contribution in [1.29, 1.82) is 0 Å². The molecule has 6 nitrogen and oxygen atoms in total. The van der Waals surface area contributed by atoms with Gasteiger partial charge in [-0.05, 0) is 92.4 Å². The minimum absolute atomic E-state index is 0.0112. The number of benzene rings is 1. The third kappa shape index (κ3) is 9.57. The second kappa shape index (κ2) is 17.9. The molecule has 48 heavy (non-hydrogen) atoms. The lowest BCUT2D eigenvalue weighted by molar-refractivity contribution is -0.134. The summed E-state index contributed by atoms with van der Waals surface area (Å²) in [5, 5.41) is 3.60. The number of carbonyl (C=O) groups is 3. The van der Waals surface area contributed by atoms with Gasteiger partial charge in [-0.2, -0.15) is 0 Å². The number of esters is 1. The van der Waals surface area contributed by atoms with E-state index < -0.39 is 0 Å². The number of hydrogen-bond donors (Lipinski definition) is 1. The smallest absolute Gasteiger partial charge is 0.311 e. The van der Waals surface area contributed by atoms with Crippen molar-refractivity contribution in [3.63, 3.8) is 0 Å². The molecule has 0 radical (unpaired) electrons. The summed E-state index contributed by atoms with van der Waals surface area (Å²) < 4.78 is 5.81. The van der Waals surface area contributed by atoms with Crippen LogP contribution in [0.3, 0.4) is 0 Å². The first kappa shape index (κ1) is 36.7. The second-order valence-corrected chi connectivity index (χ2v) is 16.6. The van der Waals surface area contributed by atoms with Gasteiger partial charge in [-0.3, -0.25) is 14.4 Å². The van der Waals surface area contributed by atoms with Gasteiger partial charge in [0.25, 0.3) is 0 Å². The first-order valence-corrected chi connectivity index (χ1v) is 20.2. The predicted octanol–water partition coefficient (Wildman–Crippen LogP) is 10.9. The van der Waals surface area contributed by atoms with Crippen LogP contribution in [0.5, 0.6) is 5.75 Å². The molecule has 0 bridgehead atoms. The van der Waals surface area contributed by atoms with Gasteiger partial charge >= 0.3 is 5.97 Å². The van der Waals surface area contributed by atoms with Gasteiger partial charge in [-0.1, -0.05) is 97.0 Å². The summed E-state index contributed by atoms with van der Waals surface area (Å²) in [6.07, 6.45) is 24.7. The third-order valence-corrected chi connectivity index (χ3v) is 12.7. The number of aromatic nitrogens is 1. The number of aryl methyl sites for hydroxylation is 2. The highest BCUT2D eigenvalue weighted by Crippen LogP contribution is 2.62. The molecule has 1 aromatic heterocycles. The zero-order valence-corrected chi connectivity index (χ0v) is 30.8. The van der Waals surface area contributed by atoms with Crippen LogP contribution in [0.2, 0.25) is 0 Å². The van der Waals surface area contributed by atoms with E-state index in [1.165, 1.54) is 93.1 Å². The van der Waals surface area contributed by atoms with Crippen LogP contribution in [0, 0.1) is 30.1 Å². The van der Waals surface area contributed by atoms with Gasteiger partial charge in [-0.25, -0.2) is 4.98 Å². The lowest BCUT2D eigenvalue weighted by Crippen LogP contribution is -2.44. The van der Waals surface area contributed by atoms with Crippen molar-refractivity contribution in [2.24, 2.45) is 23.2 Å². The van der Waals surface area contributed by atoms with Gasteiger partial charge < -0.3 is 10.1 Å². The minimum atomic E-state index is -0.282. The van der Waals surface area contributed by atoms with Crippen LogP contribution in [0.4, 0.5) is 5.13 Å². The van der Waals surface area contributed by atoms with E-state index in [4.69, 9.17) is 4.74 Å². The van der Waals surface area contributed by atoms with E-state index in [0.717, 1.165) is 49.8 Å². The molecule has 0 spiro atoms. The van der Waals surface area contributed by atoms with Crippen LogP contribution in [-0.2, 0) is 20.8 Å². The first-order chi connectivity index (χ1) is 23.3. The van der Waals surface area contributed by atoms with E-state index in [9.17, 15) is 14.4 Å². The summed E-state index contributed by atoms with van der Waals surface area (Å²) in [7, 11) is 0. The second-order valence-electron chi connectivity index (χ2n) is 15.4. The number of thiazole rings is 1. The average Bonchev–Trinajstić information content (AvgIpc) is 3.60. The zero-order valence-electron chi connectivity index (χ0n) is 30.0. The summed E-state index contributed by atoms with van der Waals surface area (Å²) >= 11 is 1.49. The average molecular weight is 677 g/mol. The molecule has 1 heterocycles. The van der Waals surface area contributed by atoms with Crippen LogP contribution in [-0.4, -0.2) is 22.6 Å². The number of amides is 1. The van der Waals surface area contributed by atoms with E-state index in [1.807, 2.05) is 13.0 Å². The number of hydrogen-bond acceptors (Lipinski definition) is 6. The maximum atomic E-state index is 13.4. The molecule has 0 saturated heterocycles. The van der Waals surface area contributed by atoms with Crippen LogP contribution in [0.25, 0.3) is 0 Å². The van der Waals surface area contributed by atoms with E-state index in [1.54, 1.807) is 6.20 Å². The maximum Gasteiger partial charge on any atom is 0.311 e. The Bertz CT molecular complexity index is 1370. The Morgan fingerprint density at radius 3 is 2.31 bits per heavy atom. The number of nitrogens with zero attached hydrogens (tertiary/aromatic N) is 1. The highest BCUT2D eigenvalue weighted by atomic mass is 32.1. The highest BCUT2D eigenvalue weighted by molar-refractivity contribution is 7.15. The summed E-state index contributed by atoms with van der Waals surface area (Å²) in [5.41, 5.74) is 2.39. The number of fused-ring (bicyclic) bond motifs is 5. The Morgan fingerprint density at radius 1 is 0.958 bits per heavy atom. The van der Waals surface area contributed by atoms with Crippen LogP contribution >= 0.6 is 11.3 Å². The SMILES string of the molecule is CCCCCCCCCCCCCCCC(=O)Oc1ccc2c(c1)CCC1C2CCC2(C)C(=O)CC(CCC(=O)Nc3ncc(C)s3)C12. The van der Waals surface area contributed by atoms with Crippen LogP contribution in [0.1, 0.15) is 164 Å². The molecule has 2 saturated carbocycles. The molecule has 1 aromatic carbocycles. The standard InChI is InChI=1S/C41H60N2O4S/c1-4-5-6-7-8-9-10-11-12-13-14-15-16-17-38(46)47-32-20-22-33-30(26-32)18-21-35-34(33)24-25-41(3)36(44)27-31(39(35)41)19-23-37(45)43-40-42-28-29(2)48-40/h20,22,26,28,31,34-35,39H,4-19,21,23-25,27H2,1-3H3,(H,42,43,45). The Kier molecular flexibility index (Phi) is 13.7.